The van der Waals surface area contributed by atoms with E-state index in [0.29, 0.717) is 11.8 Å². The van der Waals surface area contributed by atoms with Crippen molar-refractivity contribution in [3.05, 3.63) is 29.3 Å². The summed E-state index contributed by atoms with van der Waals surface area (Å²) in [6, 6.07) is 6.28. The van der Waals surface area contributed by atoms with E-state index in [1.54, 1.807) is 7.11 Å². The van der Waals surface area contributed by atoms with Crippen LogP contribution in [0.4, 0.5) is 0 Å². The zero-order chi connectivity index (χ0) is 11.5. The van der Waals surface area contributed by atoms with Crippen LogP contribution in [0.3, 0.4) is 0 Å². The molecule has 0 fully saturated rings. The van der Waals surface area contributed by atoms with Crippen molar-refractivity contribution >= 4 is 0 Å². The highest BCUT2D eigenvalue weighted by molar-refractivity contribution is 5.44. The standard InChI is InChI=1S/C14H20O2/c1-10(9-15)12-7-3-5-11-6-4-8-13(16-2)14(11)12/h4,6,8,10,12,15H,3,5,7,9H2,1-2H3. The van der Waals surface area contributed by atoms with Crippen LogP contribution in [0.5, 0.6) is 5.75 Å². The molecule has 16 heavy (non-hydrogen) atoms. The molecule has 0 aliphatic heterocycles. The number of hydrogen-bond donors (Lipinski definition) is 1. The van der Waals surface area contributed by atoms with Crippen LogP contribution in [0.15, 0.2) is 18.2 Å². The summed E-state index contributed by atoms with van der Waals surface area (Å²) in [5.74, 6) is 1.75. The van der Waals surface area contributed by atoms with E-state index in [9.17, 15) is 5.11 Å². The molecule has 2 unspecified atom stereocenters. The lowest BCUT2D eigenvalue weighted by atomic mass is 9.76. The van der Waals surface area contributed by atoms with Crippen LogP contribution >= 0.6 is 0 Å². The van der Waals surface area contributed by atoms with Gasteiger partial charge in [0.2, 0.25) is 0 Å². The second kappa shape index (κ2) is 4.88. The highest BCUT2D eigenvalue weighted by Gasteiger charge is 2.27. The maximum atomic E-state index is 9.34. The number of aryl methyl sites for hydroxylation is 1. The van der Waals surface area contributed by atoms with Gasteiger partial charge in [-0.15, -0.1) is 0 Å². The Morgan fingerprint density at radius 1 is 1.50 bits per heavy atom. The minimum absolute atomic E-state index is 0.252. The molecular formula is C14H20O2. The van der Waals surface area contributed by atoms with Crippen molar-refractivity contribution in [3.8, 4) is 5.75 Å². The minimum atomic E-state index is 0.252. The molecule has 88 valence electrons. The third kappa shape index (κ3) is 1.94. The lowest BCUT2D eigenvalue weighted by Crippen LogP contribution is -2.19. The molecule has 0 radical (unpaired) electrons. The lowest BCUT2D eigenvalue weighted by molar-refractivity contribution is 0.206. The van der Waals surface area contributed by atoms with Gasteiger partial charge in [0.15, 0.2) is 0 Å². The van der Waals surface area contributed by atoms with Crippen LogP contribution in [0.1, 0.15) is 36.8 Å². The molecule has 2 heteroatoms. The van der Waals surface area contributed by atoms with Gasteiger partial charge in [0.25, 0.3) is 0 Å². The van der Waals surface area contributed by atoms with Gasteiger partial charge in [0, 0.05) is 12.2 Å². The molecule has 0 saturated carbocycles. The first-order valence-corrected chi connectivity index (χ1v) is 6.04. The quantitative estimate of drug-likeness (QED) is 0.848. The summed E-state index contributed by atoms with van der Waals surface area (Å²) in [7, 11) is 1.73. The van der Waals surface area contributed by atoms with Crippen molar-refractivity contribution in [2.24, 2.45) is 5.92 Å². The van der Waals surface area contributed by atoms with Gasteiger partial charge in [-0.2, -0.15) is 0 Å². The van der Waals surface area contributed by atoms with Gasteiger partial charge < -0.3 is 9.84 Å². The topological polar surface area (TPSA) is 29.5 Å². The molecule has 0 heterocycles. The van der Waals surface area contributed by atoms with E-state index in [-0.39, 0.29) is 6.61 Å². The number of ether oxygens (including phenoxy) is 1. The molecule has 0 bridgehead atoms. The van der Waals surface area contributed by atoms with E-state index >= 15 is 0 Å². The van der Waals surface area contributed by atoms with Gasteiger partial charge in [0.1, 0.15) is 5.75 Å². The lowest BCUT2D eigenvalue weighted by Gasteiger charge is -2.30. The van der Waals surface area contributed by atoms with Crippen molar-refractivity contribution in [3.63, 3.8) is 0 Å². The molecule has 2 atom stereocenters. The van der Waals surface area contributed by atoms with Gasteiger partial charge in [-0.25, -0.2) is 0 Å². The molecule has 1 aromatic rings. The number of fused-ring (bicyclic) bond motifs is 1. The smallest absolute Gasteiger partial charge is 0.122 e. The van der Waals surface area contributed by atoms with Crippen LogP contribution < -0.4 is 4.74 Å². The Morgan fingerprint density at radius 2 is 2.31 bits per heavy atom. The second-order valence-electron chi connectivity index (χ2n) is 4.69. The number of methoxy groups -OCH3 is 1. The Bertz CT molecular complexity index is 346. The van der Waals surface area contributed by atoms with Crippen molar-refractivity contribution < 1.29 is 9.84 Å². The summed E-state index contributed by atoms with van der Waals surface area (Å²) in [6.45, 7) is 2.37. The van der Waals surface area contributed by atoms with Gasteiger partial charge in [-0.1, -0.05) is 19.1 Å². The first kappa shape index (κ1) is 11.5. The second-order valence-corrected chi connectivity index (χ2v) is 4.69. The fourth-order valence-electron chi connectivity index (χ4n) is 2.76. The Morgan fingerprint density at radius 3 is 3.00 bits per heavy atom. The first-order chi connectivity index (χ1) is 7.77. The maximum absolute atomic E-state index is 9.34. The Labute approximate surface area is 97.3 Å². The fourth-order valence-corrected chi connectivity index (χ4v) is 2.76. The van der Waals surface area contributed by atoms with Gasteiger partial charge in [-0.3, -0.25) is 0 Å². The summed E-state index contributed by atoms with van der Waals surface area (Å²) < 4.78 is 5.46. The van der Waals surface area contributed by atoms with Crippen LogP contribution in [-0.2, 0) is 6.42 Å². The Kier molecular flexibility index (Phi) is 3.49. The van der Waals surface area contributed by atoms with E-state index in [1.807, 2.05) is 6.07 Å². The predicted octanol–water partition coefficient (Wildman–Crippen LogP) is 2.74. The third-order valence-electron chi connectivity index (χ3n) is 3.68. The number of benzene rings is 1. The number of aliphatic hydroxyl groups excluding tert-OH is 1. The predicted molar refractivity (Wildman–Crippen MR) is 64.9 cm³/mol. The van der Waals surface area contributed by atoms with Crippen molar-refractivity contribution in [1.29, 1.82) is 0 Å². The summed E-state index contributed by atoms with van der Waals surface area (Å²) in [5.41, 5.74) is 2.73. The average molecular weight is 220 g/mol. The number of hydrogen-bond acceptors (Lipinski definition) is 2. The SMILES string of the molecule is COc1cccc2c1C(C(C)CO)CCC2. The summed E-state index contributed by atoms with van der Waals surface area (Å²) in [5, 5.41) is 9.34. The zero-order valence-corrected chi connectivity index (χ0v) is 10.1. The van der Waals surface area contributed by atoms with Crippen LogP contribution in [0, 0.1) is 5.92 Å². The Hall–Kier alpha value is -1.02. The van der Waals surface area contributed by atoms with Crippen LogP contribution in [0.2, 0.25) is 0 Å². The van der Waals surface area contributed by atoms with Gasteiger partial charge in [-0.05, 0) is 42.7 Å². The third-order valence-corrected chi connectivity index (χ3v) is 3.68. The summed E-state index contributed by atoms with van der Waals surface area (Å²) >= 11 is 0. The highest BCUT2D eigenvalue weighted by Crippen LogP contribution is 2.41. The van der Waals surface area contributed by atoms with Crippen molar-refractivity contribution in [2.45, 2.75) is 32.1 Å². The Balaban J connectivity index is 2.42. The summed E-state index contributed by atoms with van der Waals surface area (Å²) in [4.78, 5) is 0. The molecule has 1 aliphatic carbocycles. The molecule has 2 rings (SSSR count). The molecule has 0 aromatic heterocycles. The first-order valence-electron chi connectivity index (χ1n) is 6.04. The summed E-state index contributed by atoms with van der Waals surface area (Å²) in [6.07, 6.45) is 3.52. The van der Waals surface area contributed by atoms with Gasteiger partial charge >= 0.3 is 0 Å². The van der Waals surface area contributed by atoms with E-state index in [2.05, 4.69) is 19.1 Å². The van der Waals surface area contributed by atoms with E-state index < -0.39 is 0 Å². The highest BCUT2D eigenvalue weighted by atomic mass is 16.5. The molecule has 0 spiro atoms. The van der Waals surface area contributed by atoms with Crippen molar-refractivity contribution in [1.82, 2.24) is 0 Å². The maximum Gasteiger partial charge on any atom is 0.122 e. The van der Waals surface area contributed by atoms with E-state index in [4.69, 9.17) is 4.74 Å². The van der Waals surface area contributed by atoms with Crippen LogP contribution in [-0.4, -0.2) is 18.8 Å². The van der Waals surface area contributed by atoms with E-state index in [0.717, 1.165) is 18.6 Å². The molecule has 1 aliphatic rings. The largest absolute Gasteiger partial charge is 0.496 e. The molecule has 2 nitrogen and oxygen atoms in total. The van der Waals surface area contributed by atoms with E-state index in [1.165, 1.54) is 17.5 Å². The molecule has 0 amide bonds. The van der Waals surface area contributed by atoms with Crippen LogP contribution in [0.25, 0.3) is 0 Å². The molecular weight excluding hydrogens is 200 g/mol. The number of aliphatic hydroxyl groups is 1. The van der Waals surface area contributed by atoms with Gasteiger partial charge in [0.05, 0.1) is 7.11 Å². The fraction of sp³-hybridized carbons (Fsp3) is 0.571. The average Bonchev–Trinajstić information content (AvgIpc) is 2.36. The molecule has 1 N–H and O–H groups in total. The molecule has 0 saturated heterocycles. The normalized spacial score (nSPS) is 21.3. The number of rotatable bonds is 3. The van der Waals surface area contributed by atoms with Crippen molar-refractivity contribution in [2.75, 3.05) is 13.7 Å². The molecule has 1 aromatic carbocycles. The zero-order valence-electron chi connectivity index (χ0n) is 10.1. The monoisotopic (exact) mass is 220 g/mol. The minimum Gasteiger partial charge on any atom is -0.496 e.